The second-order valence-corrected chi connectivity index (χ2v) is 5.59. The number of amides is 1. The van der Waals surface area contributed by atoms with Crippen LogP contribution in [0.4, 0.5) is 0 Å². The fraction of sp³-hybridized carbons (Fsp3) is 0.438. The predicted octanol–water partition coefficient (Wildman–Crippen LogP) is 1.80. The van der Waals surface area contributed by atoms with Gasteiger partial charge in [-0.25, -0.2) is 0 Å². The first-order valence-electron chi connectivity index (χ1n) is 6.95. The standard InChI is InChI=1S/C16H19NO4/c1-4-21-15(20)16(2,3)13(18)10-17-9-11-7-5-6-8-12(11)14(17)19/h5-8H,4,9-10H2,1-3H3. The van der Waals surface area contributed by atoms with Crippen molar-refractivity contribution in [3.05, 3.63) is 35.4 Å². The van der Waals surface area contributed by atoms with E-state index in [-0.39, 0.29) is 24.8 Å². The number of benzene rings is 1. The van der Waals surface area contributed by atoms with Gasteiger partial charge in [-0.1, -0.05) is 18.2 Å². The van der Waals surface area contributed by atoms with Gasteiger partial charge < -0.3 is 9.64 Å². The third-order valence-electron chi connectivity index (χ3n) is 3.71. The molecule has 1 aromatic rings. The molecule has 0 fully saturated rings. The Morgan fingerprint density at radius 3 is 2.57 bits per heavy atom. The molecule has 2 rings (SSSR count). The number of ether oxygens (including phenoxy) is 1. The van der Waals surface area contributed by atoms with Gasteiger partial charge in [0, 0.05) is 12.1 Å². The molecule has 0 saturated carbocycles. The third-order valence-corrected chi connectivity index (χ3v) is 3.71. The van der Waals surface area contributed by atoms with Gasteiger partial charge in [0.05, 0.1) is 13.2 Å². The molecule has 0 saturated heterocycles. The monoisotopic (exact) mass is 289 g/mol. The van der Waals surface area contributed by atoms with Crippen LogP contribution in [0.2, 0.25) is 0 Å². The van der Waals surface area contributed by atoms with Crippen LogP contribution in [0.3, 0.4) is 0 Å². The van der Waals surface area contributed by atoms with E-state index in [9.17, 15) is 14.4 Å². The number of ketones is 1. The second kappa shape index (κ2) is 5.68. The van der Waals surface area contributed by atoms with E-state index in [0.29, 0.717) is 12.1 Å². The van der Waals surface area contributed by atoms with Crippen LogP contribution < -0.4 is 0 Å². The van der Waals surface area contributed by atoms with Gasteiger partial charge >= 0.3 is 5.97 Å². The molecule has 1 aromatic carbocycles. The molecule has 0 N–H and O–H groups in total. The largest absolute Gasteiger partial charge is 0.465 e. The van der Waals surface area contributed by atoms with Crippen LogP contribution in [-0.2, 0) is 20.9 Å². The van der Waals surface area contributed by atoms with Gasteiger partial charge in [-0.05, 0) is 32.4 Å². The summed E-state index contributed by atoms with van der Waals surface area (Å²) in [4.78, 5) is 37.9. The molecular formula is C16H19NO4. The zero-order valence-electron chi connectivity index (χ0n) is 12.5. The smallest absolute Gasteiger partial charge is 0.319 e. The van der Waals surface area contributed by atoms with Crippen molar-refractivity contribution in [2.24, 2.45) is 5.41 Å². The summed E-state index contributed by atoms with van der Waals surface area (Å²) in [6.07, 6.45) is 0. The number of rotatable bonds is 5. The molecule has 0 aliphatic carbocycles. The van der Waals surface area contributed by atoms with Crippen molar-refractivity contribution in [1.82, 2.24) is 4.90 Å². The zero-order valence-corrected chi connectivity index (χ0v) is 12.5. The van der Waals surface area contributed by atoms with E-state index in [1.54, 1.807) is 19.1 Å². The lowest BCUT2D eigenvalue weighted by molar-refractivity contribution is -0.158. The minimum absolute atomic E-state index is 0.0840. The first-order valence-corrected chi connectivity index (χ1v) is 6.95. The minimum Gasteiger partial charge on any atom is -0.465 e. The Balaban J connectivity index is 2.08. The van der Waals surface area contributed by atoms with Crippen LogP contribution in [-0.4, -0.2) is 35.7 Å². The highest BCUT2D eigenvalue weighted by Gasteiger charge is 2.39. The van der Waals surface area contributed by atoms with E-state index < -0.39 is 11.4 Å². The zero-order chi connectivity index (χ0) is 15.6. The number of carbonyl (C=O) groups is 3. The summed E-state index contributed by atoms with van der Waals surface area (Å²) in [5, 5.41) is 0. The molecule has 0 aromatic heterocycles. The van der Waals surface area contributed by atoms with Crippen LogP contribution in [0, 0.1) is 5.41 Å². The number of nitrogens with zero attached hydrogens (tertiary/aromatic N) is 1. The average Bonchev–Trinajstić information content (AvgIpc) is 2.76. The van der Waals surface area contributed by atoms with Crippen molar-refractivity contribution in [1.29, 1.82) is 0 Å². The van der Waals surface area contributed by atoms with Crippen LogP contribution in [0.5, 0.6) is 0 Å². The van der Waals surface area contributed by atoms with Gasteiger partial charge in [-0.2, -0.15) is 0 Å². The van der Waals surface area contributed by atoms with Crippen molar-refractivity contribution in [2.75, 3.05) is 13.2 Å². The van der Waals surface area contributed by atoms with Gasteiger partial charge in [0.2, 0.25) is 0 Å². The van der Waals surface area contributed by atoms with E-state index in [1.807, 2.05) is 12.1 Å². The molecule has 5 nitrogen and oxygen atoms in total. The summed E-state index contributed by atoms with van der Waals surface area (Å²) in [5.41, 5.74) is 0.286. The molecule has 0 radical (unpaired) electrons. The molecule has 0 spiro atoms. The van der Waals surface area contributed by atoms with Crippen LogP contribution >= 0.6 is 0 Å². The summed E-state index contributed by atoms with van der Waals surface area (Å²) in [6.45, 7) is 5.30. The van der Waals surface area contributed by atoms with E-state index >= 15 is 0 Å². The molecule has 1 heterocycles. The molecule has 112 valence electrons. The first-order chi connectivity index (χ1) is 9.87. The Labute approximate surface area is 123 Å². The van der Waals surface area contributed by atoms with Crippen molar-refractivity contribution in [2.45, 2.75) is 27.3 Å². The SMILES string of the molecule is CCOC(=O)C(C)(C)C(=O)CN1Cc2ccccc2C1=O. The maximum Gasteiger partial charge on any atom is 0.319 e. The van der Waals surface area contributed by atoms with Gasteiger partial charge in [0.1, 0.15) is 5.41 Å². The highest BCUT2D eigenvalue weighted by molar-refractivity contribution is 6.06. The second-order valence-electron chi connectivity index (χ2n) is 5.59. The van der Waals surface area contributed by atoms with E-state index in [4.69, 9.17) is 4.74 Å². The summed E-state index contributed by atoms with van der Waals surface area (Å²) in [7, 11) is 0. The first kappa shape index (κ1) is 15.2. The highest BCUT2D eigenvalue weighted by atomic mass is 16.5. The molecule has 1 aliphatic rings. The Hall–Kier alpha value is -2.17. The summed E-state index contributed by atoms with van der Waals surface area (Å²) < 4.78 is 4.92. The lowest BCUT2D eigenvalue weighted by atomic mass is 9.88. The van der Waals surface area contributed by atoms with Crippen molar-refractivity contribution < 1.29 is 19.1 Å². The van der Waals surface area contributed by atoms with Gasteiger partial charge in [-0.3, -0.25) is 14.4 Å². The molecule has 1 aliphatic heterocycles. The number of fused-ring (bicyclic) bond motifs is 1. The molecular weight excluding hydrogens is 270 g/mol. The maximum atomic E-state index is 12.3. The van der Waals surface area contributed by atoms with Crippen molar-refractivity contribution >= 4 is 17.7 Å². The summed E-state index contributed by atoms with van der Waals surface area (Å²) in [5.74, 6) is -1.04. The number of Topliss-reactive ketones (excluding diaryl/α,β-unsaturated/α-hetero) is 1. The third kappa shape index (κ3) is 2.82. The molecule has 1 amide bonds. The number of hydrogen-bond acceptors (Lipinski definition) is 4. The average molecular weight is 289 g/mol. The lowest BCUT2D eigenvalue weighted by Gasteiger charge is -2.24. The Morgan fingerprint density at radius 2 is 1.95 bits per heavy atom. The predicted molar refractivity (Wildman–Crippen MR) is 76.6 cm³/mol. The maximum absolute atomic E-state index is 12.3. The van der Waals surface area contributed by atoms with Crippen LogP contribution in [0.1, 0.15) is 36.7 Å². The quantitative estimate of drug-likeness (QED) is 0.612. The fourth-order valence-electron chi connectivity index (χ4n) is 2.24. The molecule has 0 atom stereocenters. The molecule has 0 bridgehead atoms. The fourth-order valence-corrected chi connectivity index (χ4v) is 2.24. The van der Waals surface area contributed by atoms with Gasteiger partial charge in [0.15, 0.2) is 5.78 Å². The van der Waals surface area contributed by atoms with E-state index in [2.05, 4.69) is 0 Å². The Bertz CT molecular complexity index is 592. The lowest BCUT2D eigenvalue weighted by Crippen LogP contribution is -2.42. The van der Waals surface area contributed by atoms with Crippen LogP contribution in [0.25, 0.3) is 0 Å². The Morgan fingerprint density at radius 1 is 1.29 bits per heavy atom. The van der Waals surface area contributed by atoms with Crippen LogP contribution in [0.15, 0.2) is 24.3 Å². The van der Waals surface area contributed by atoms with Gasteiger partial charge in [0.25, 0.3) is 5.91 Å². The number of hydrogen-bond donors (Lipinski definition) is 0. The summed E-state index contributed by atoms with van der Waals surface area (Å²) in [6, 6.07) is 7.28. The number of esters is 1. The minimum atomic E-state index is -1.24. The van der Waals surface area contributed by atoms with E-state index in [0.717, 1.165) is 5.56 Å². The normalized spacial score (nSPS) is 14.0. The van der Waals surface area contributed by atoms with Gasteiger partial charge in [-0.15, -0.1) is 0 Å². The summed E-state index contributed by atoms with van der Waals surface area (Å²) >= 11 is 0. The molecule has 21 heavy (non-hydrogen) atoms. The molecule has 0 unspecified atom stereocenters. The topological polar surface area (TPSA) is 63.7 Å². The molecule has 5 heteroatoms. The number of carbonyl (C=O) groups excluding carboxylic acids is 3. The Kier molecular flexibility index (Phi) is 4.11. The van der Waals surface area contributed by atoms with Crippen molar-refractivity contribution in [3.63, 3.8) is 0 Å². The highest BCUT2D eigenvalue weighted by Crippen LogP contribution is 2.25. The van der Waals surface area contributed by atoms with Crippen molar-refractivity contribution in [3.8, 4) is 0 Å². The van der Waals surface area contributed by atoms with E-state index in [1.165, 1.54) is 18.7 Å².